The Morgan fingerprint density at radius 2 is 1.76 bits per heavy atom. The second-order valence-electron chi connectivity index (χ2n) is 6.18. The maximum Gasteiger partial charge on any atom is 0.290 e. The van der Waals surface area contributed by atoms with Gasteiger partial charge in [-0.25, -0.2) is 4.98 Å². The van der Waals surface area contributed by atoms with Crippen LogP contribution in [-0.4, -0.2) is 23.1 Å². The maximum atomic E-state index is 8.36. The second kappa shape index (κ2) is 12.3. The molecular weight excluding hydrogens is 314 g/mol. The number of nitrogens with zero attached hydrogens (tertiary/aromatic N) is 1. The molecule has 2 aromatic rings. The highest BCUT2D eigenvalue weighted by Gasteiger charge is 2.07. The van der Waals surface area contributed by atoms with Gasteiger partial charge in [-0.05, 0) is 61.9 Å². The van der Waals surface area contributed by atoms with Crippen molar-refractivity contribution in [1.82, 2.24) is 4.98 Å². The zero-order chi connectivity index (χ0) is 18.5. The average Bonchev–Trinajstić information content (AvgIpc) is 2.60. The zero-order valence-corrected chi connectivity index (χ0v) is 15.2. The van der Waals surface area contributed by atoms with E-state index < -0.39 is 0 Å². The Labute approximate surface area is 150 Å². The van der Waals surface area contributed by atoms with Crippen LogP contribution in [0, 0.1) is 0 Å². The number of pyridine rings is 1. The minimum Gasteiger partial charge on any atom is -0.483 e. The number of aryl methyl sites for hydroxylation is 2. The highest BCUT2D eigenvalue weighted by molar-refractivity contribution is 5.84. The van der Waals surface area contributed by atoms with Crippen molar-refractivity contribution in [2.75, 3.05) is 12.3 Å². The van der Waals surface area contributed by atoms with Gasteiger partial charge in [0.2, 0.25) is 0 Å². The van der Waals surface area contributed by atoms with Crippen molar-refractivity contribution >= 4 is 23.2 Å². The summed E-state index contributed by atoms with van der Waals surface area (Å²) in [6.07, 6.45) is 9.28. The van der Waals surface area contributed by atoms with Crippen LogP contribution >= 0.6 is 0 Å². The fraction of sp³-hybridized carbons (Fsp3) is 0.500. The number of hydrogen-bond acceptors (Lipinski definition) is 4. The lowest BCUT2D eigenvalue weighted by Gasteiger charge is -2.11. The van der Waals surface area contributed by atoms with Gasteiger partial charge in [-0.3, -0.25) is 4.79 Å². The molecule has 0 unspecified atom stereocenters. The summed E-state index contributed by atoms with van der Waals surface area (Å²) < 4.78 is 0. The highest BCUT2D eigenvalue weighted by atomic mass is 16.3. The number of rotatable bonds is 9. The quantitative estimate of drug-likeness (QED) is 0.472. The third-order valence-electron chi connectivity index (χ3n) is 4.26. The molecule has 0 spiro atoms. The molecule has 1 aromatic carbocycles. The van der Waals surface area contributed by atoms with Crippen LogP contribution in [0.25, 0.3) is 10.9 Å². The van der Waals surface area contributed by atoms with Crippen molar-refractivity contribution < 1.29 is 9.90 Å². The van der Waals surface area contributed by atoms with E-state index in [1.165, 1.54) is 48.6 Å². The Kier molecular flexibility index (Phi) is 10.2. The third-order valence-corrected chi connectivity index (χ3v) is 4.26. The van der Waals surface area contributed by atoms with Crippen molar-refractivity contribution in [2.24, 2.45) is 5.73 Å². The van der Waals surface area contributed by atoms with Crippen LogP contribution in [0.3, 0.4) is 0 Å². The number of benzene rings is 1. The van der Waals surface area contributed by atoms with Crippen molar-refractivity contribution in [3.05, 3.63) is 35.4 Å². The molecule has 5 heteroatoms. The normalized spacial score (nSPS) is 10.3. The molecule has 0 atom stereocenters. The number of nitrogen functional groups attached to an aromatic ring is 1. The van der Waals surface area contributed by atoms with Gasteiger partial charge < -0.3 is 16.6 Å². The Bertz CT molecular complexity index is 644. The van der Waals surface area contributed by atoms with Crippen LogP contribution in [0.4, 0.5) is 5.82 Å². The van der Waals surface area contributed by atoms with Gasteiger partial charge in [0, 0.05) is 5.39 Å². The van der Waals surface area contributed by atoms with E-state index in [1.54, 1.807) is 0 Å². The van der Waals surface area contributed by atoms with Gasteiger partial charge >= 0.3 is 0 Å². The van der Waals surface area contributed by atoms with Crippen LogP contribution in [0.15, 0.2) is 24.3 Å². The molecule has 1 heterocycles. The lowest BCUT2D eigenvalue weighted by atomic mass is 9.99. The van der Waals surface area contributed by atoms with Crippen molar-refractivity contribution in [1.29, 1.82) is 0 Å². The van der Waals surface area contributed by atoms with Gasteiger partial charge in [-0.15, -0.1) is 0 Å². The number of carboxylic acid groups (broad SMARTS) is 1. The largest absolute Gasteiger partial charge is 0.483 e. The molecule has 25 heavy (non-hydrogen) atoms. The Morgan fingerprint density at radius 3 is 2.44 bits per heavy atom. The van der Waals surface area contributed by atoms with Gasteiger partial charge in [-0.2, -0.15) is 0 Å². The van der Waals surface area contributed by atoms with E-state index in [9.17, 15) is 0 Å². The van der Waals surface area contributed by atoms with Crippen molar-refractivity contribution in [3.8, 4) is 0 Å². The fourth-order valence-corrected chi connectivity index (χ4v) is 2.93. The third kappa shape index (κ3) is 7.10. The molecule has 5 nitrogen and oxygen atoms in total. The standard InChI is InChI=1S/C19H29N3.CH2O2/c1-2-3-5-10-16-14-17-15(9-6-4-7-13-20)11-8-12-18(17)22-19(16)21;2-1-3/h8,11-12,14H,2-7,9-10,13,20H2,1H3,(H2,21,22);1H,(H,2,3). The zero-order valence-electron chi connectivity index (χ0n) is 15.2. The number of anilines is 1. The van der Waals surface area contributed by atoms with E-state index in [1.807, 2.05) is 0 Å². The predicted octanol–water partition coefficient (Wildman–Crippen LogP) is 3.92. The van der Waals surface area contributed by atoms with Gasteiger partial charge in [0.15, 0.2) is 0 Å². The predicted molar refractivity (Wildman–Crippen MR) is 105 cm³/mol. The van der Waals surface area contributed by atoms with E-state index in [4.69, 9.17) is 21.4 Å². The number of aromatic nitrogens is 1. The van der Waals surface area contributed by atoms with E-state index in [2.05, 4.69) is 36.2 Å². The smallest absolute Gasteiger partial charge is 0.290 e. The topological polar surface area (TPSA) is 102 Å². The Balaban J connectivity index is 0.000000970. The van der Waals surface area contributed by atoms with Crippen molar-refractivity contribution in [2.45, 2.75) is 58.3 Å². The van der Waals surface area contributed by atoms with Crippen LogP contribution in [0.2, 0.25) is 0 Å². The molecule has 0 saturated heterocycles. The SMILES string of the molecule is CCCCCc1cc2c(CCCCCN)cccc2nc1N.O=CO. The molecular formula is C20H31N3O2. The lowest BCUT2D eigenvalue weighted by Crippen LogP contribution is -2.01. The number of unbranched alkanes of at least 4 members (excludes halogenated alkanes) is 4. The molecule has 0 bridgehead atoms. The first kappa shape index (κ1) is 20.9. The molecule has 0 aliphatic heterocycles. The van der Waals surface area contributed by atoms with Crippen molar-refractivity contribution in [3.63, 3.8) is 0 Å². The first-order valence-electron chi connectivity index (χ1n) is 9.12. The minimum absolute atomic E-state index is 0.250. The summed E-state index contributed by atoms with van der Waals surface area (Å²) in [5.41, 5.74) is 15.3. The van der Waals surface area contributed by atoms with Gasteiger partial charge in [0.25, 0.3) is 6.47 Å². The highest BCUT2D eigenvalue weighted by Crippen LogP contribution is 2.24. The van der Waals surface area contributed by atoms with Gasteiger partial charge in [0.1, 0.15) is 5.82 Å². The first-order chi connectivity index (χ1) is 12.2. The fourth-order valence-electron chi connectivity index (χ4n) is 2.93. The molecule has 0 amide bonds. The van der Waals surface area contributed by atoms with Crippen LogP contribution < -0.4 is 11.5 Å². The summed E-state index contributed by atoms with van der Waals surface area (Å²) in [5.74, 6) is 0.698. The summed E-state index contributed by atoms with van der Waals surface area (Å²) in [7, 11) is 0. The van der Waals surface area contributed by atoms with E-state index >= 15 is 0 Å². The van der Waals surface area contributed by atoms with E-state index in [0.717, 1.165) is 31.3 Å². The molecule has 0 aliphatic rings. The second-order valence-corrected chi connectivity index (χ2v) is 6.18. The monoisotopic (exact) mass is 345 g/mol. The van der Waals surface area contributed by atoms with Gasteiger partial charge in [-0.1, -0.05) is 38.3 Å². The van der Waals surface area contributed by atoms with Crippen LogP contribution in [0.1, 0.15) is 56.6 Å². The summed E-state index contributed by atoms with van der Waals surface area (Å²) in [6.45, 7) is 2.76. The molecule has 0 aliphatic carbocycles. The lowest BCUT2D eigenvalue weighted by molar-refractivity contribution is -0.122. The van der Waals surface area contributed by atoms with Gasteiger partial charge in [0.05, 0.1) is 5.52 Å². The molecule has 1 aromatic heterocycles. The Hall–Kier alpha value is -2.14. The van der Waals surface area contributed by atoms with E-state index in [-0.39, 0.29) is 6.47 Å². The van der Waals surface area contributed by atoms with Crippen LogP contribution in [0.5, 0.6) is 0 Å². The number of hydrogen-bond donors (Lipinski definition) is 3. The molecule has 5 N–H and O–H groups in total. The number of carbonyl (C=O) groups is 1. The molecule has 2 rings (SSSR count). The number of fused-ring (bicyclic) bond motifs is 1. The van der Waals surface area contributed by atoms with Crippen LogP contribution in [-0.2, 0) is 17.6 Å². The maximum absolute atomic E-state index is 8.36. The first-order valence-corrected chi connectivity index (χ1v) is 9.12. The summed E-state index contributed by atoms with van der Waals surface area (Å²) in [6, 6.07) is 8.64. The number of nitrogens with two attached hydrogens (primary N) is 2. The van der Waals surface area contributed by atoms with E-state index in [0.29, 0.717) is 5.82 Å². The average molecular weight is 345 g/mol. The molecule has 0 fully saturated rings. The molecule has 0 saturated carbocycles. The summed E-state index contributed by atoms with van der Waals surface area (Å²) >= 11 is 0. The minimum atomic E-state index is -0.250. The molecule has 0 radical (unpaired) electrons. The summed E-state index contributed by atoms with van der Waals surface area (Å²) in [4.78, 5) is 13.0. The summed E-state index contributed by atoms with van der Waals surface area (Å²) in [5, 5.41) is 8.16. The Morgan fingerprint density at radius 1 is 1.08 bits per heavy atom. The molecule has 138 valence electrons.